The van der Waals surface area contributed by atoms with E-state index in [0.717, 1.165) is 12.0 Å². The molecule has 0 atom stereocenters. The van der Waals surface area contributed by atoms with E-state index in [1.54, 1.807) is 0 Å². The van der Waals surface area contributed by atoms with Crippen LogP contribution in [0.3, 0.4) is 0 Å². The lowest BCUT2D eigenvalue weighted by Gasteiger charge is -2.24. The van der Waals surface area contributed by atoms with Crippen LogP contribution in [0.25, 0.3) is 11.5 Å². The van der Waals surface area contributed by atoms with E-state index in [9.17, 15) is 4.79 Å². The largest absolute Gasteiger partial charge is 0.411 e. The minimum Gasteiger partial charge on any atom is -0.411 e. The van der Waals surface area contributed by atoms with Crippen molar-refractivity contribution in [1.82, 2.24) is 15.5 Å². The molecule has 0 bridgehead atoms. The molecule has 0 saturated carbocycles. The Labute approximate surface area is 154 Å². The molecule has 0 spiro atoms. The average Bonchev–Trinajstić information content (AvgIpc) is 3.01. The van der Waals surface area contributed by atoms with Gasteiger partial charge in [-0.2, -0.15) is 0 Å². The molecule has 1 amide bonds. The van der Waals surface area contributed by atoms with E-state index in [1.807, 2.05) is 32.9 Å². The number of nitrogens with one attached hydrogen (secondary N) is 1. The Morgan fingerprint density at radius 3 is 2.32 bits per heavy atom. The first kappa shape index (κ1) is 19.5. The second-order valence-corrected chi connectivity index (χ2v) is 8.70. The van der Waals surface area contributed by atoms with Gasteiger partial charge in [0.1, 0.15) is 0 Å². The number of carbonyl (C=O) groups is 1. The zero-order valence-electron chi connectivity index (χ0n) is 15.8. The van der Waals surface area contributed by atoms with Gasteiger partial charge in [-0.25, -0.2) is 0 Å². The average molecular weight is 362 g/mol. The van der Waals surface area contributed by atoms with Crippen molar-refractivity contribution in [3.8, 4) is 11.5 Å². The monoisotopic (exact) mass is 361 g/mol. The van der Waals surface area contributed by atoms with Gasteiger partial charge in [0.2, 0.25) is 11.8 Å². The molecule has 2 aromatic rings. The molecule has 5 nitrogen and oxygen atoms in total. The minimum atomic E-state index is -0.202. The number of hydrogen-bond donors (Lipinski definition) is 1. The number of thioether (sulfide) groups is 1. The predicted molar refractivity (Wildman–Crippen MR) is 102 cm³/mol. The summed E-state index contributed by atoms with van der Waals surface area (Å²) in [7, 11) is 0. The first-order chi connectivity index (χ1) is 11.6. The molecule has 0 radical (unpaired) electrons. The van der Waals surface area contributed by atoms with Crippen LogP contribution in [0.15, 0.2) is 33.9 Å². The van der Waals surface area contributed by atoms with E-state index < -0.39 is 0 Å². The maximum absolute atomic E-state index is 12.0. The number of benzene rings is 1. The summed E-state index contributed by atoms with van der Waals surface area (Å²) in [6.45, 7) is 12.6. The van der Waals surface area contributed by atoms with Crippen molar-refractivity contribution in [2.75, 3.05) is 5.75 Å². The van der Waals surface area contributed by atoms with E-state index in [1.165, 1.54) is 17.3 Å². The predicted octanol–water partition coefficient (Wildman–Crippen LogP) is 4.43. The van der Waals surface area contributed by atoms with Crippen molar-refractivity contribution >= 4 is 17.7 Å². The van der Waals surface area contributed by atoms with Gasteiger partial charge in [-0.05, 0) is 43.4 Å². The second kappa shape index (κ2) is 7.60. The third-order valence-corrected chi connectivity index (χ3v) is 4.91. The number of carbonyl (C=O) groups excluding carboxylic acids is 1. The molecule has 25 heavy (non-hydrogen) atoms. The zero-order valence-corrected chi connectivity index (χ0v) is 16.7. The number of hydrogen-bond acceptors (Lipinski definition) is 5. The summed E-state index contributed by atoms with van der Waals surface area (Å²) in [4.78, 5) is 12.0. The zero-order chi connectivity index (χ0) is 18.7. The van der Waals surface area contributed by atoms with Crippen LogP contribution in [0.1, 0.15) is 53.5 Å². The Kier molecular flexibility index (Phi) is 5.93. The van der Waals surface area contributed by atoms with Crippen LogP contribution in [0.5, 0.6) is 0 Å². The number of aromatic nitrogens is 2. The normalized spacial score (nSPS) is 12.2. The van der Waals surface area contributed by atoms with Crippen LogP contribution in [0.4, 0.5) is 0 Å². The van der Waals surface area contributed by atoms with Crippen molar-refractivity contribution in [3.63, 3.8) is 0 Å². The second-order valence-electron chi connectivity index (χ2n) is 7.77. The Morgan fingerprint density at radius 1 is 1.12 bits per heavy atom. The van der Waals surface area contributed by atoms with E-state index in [-0.39, 0.29) is 22.6 Å². The summed E-state index contributed by atoms with van der Waals surface area (Å²) < 4.78 is 5.66. The SMILES string of the molecule is CCC(C)(C)NC(=O)CSc1nnc(-c2ccc(C(C)(C)C)cc2)o1. The molecule has 1 N–H and O–H groups in total. The number of nitrogens with zero attached hydrogens (tertiary/aromatic N) is 2. The van der Waals surface area contributed by atoms with Gasteiger partial charge >= 0.3 is 0 Å². The minimum absolute atomic E-state index is 0.0360. The highest BCUT2D eigenvalue weighted by molar-refractivity contribution is 7.99. The highest BCUT2D eigenvalue weighted by Gasteiger charge is 2.19. The molecule has 6 heteroatoms. The van der Waals surface area contributed by atoms with Gasteiger partial charge in [0.25, 0.3) is 5.22 Å². The number of amides is 1. The molecule has 1 heterocycles. The molecule has 0 unspecified atom stereocenters. The molecule has 0 aliphatic heterocycles. The van der Waals surface area contributed by atoms with E-state index in [2.05, 4.69) is 48.4 Å². The van der Waals surface area contributed by atoms with Crippen LogP contribution in [-0.2, 0) is 10.2 Å². The van der Waals surface area contributed by atoms with E-state index in [4.69, 9.17) is 4.42 Å². The van der Waals surface area contributed by atoms with Gasteiger partial charge in [0.15, 0.2) is 0 Å². The van der Waals surface area contributed by atoms with E-state index >= 15 is 0 Å². The molecule has 1 aromatic heterocycles. The van der Waals surface area contributed by atoms with Gasteiger partial charge in [-0.1, -0.05) is 51.6 Å². The fourth-order valence-corrected chi connectivity index (χ4v) is 2.69. The van der Waals surface area contributed by atoms with Gasteiger partial charge in [0.05, 0.1) is 5.75 Å². The van der Waals surface area contributed by atoms with Gasteiger partial charge < -0.3 is 9.73 Å². The summed E-state index contributed by atoms with van der Waals surface area (Å²) in [5, 5.41) is 11.5. The Morgan fingerprint density at radius 2 is 1.76 bits per heavy atom. The van der Waals surface area contributed by atoms with Gasteiger partial charge in [-0.15, -0.1) is 10.2 Å². The quantitative estimate of drug-likeness (QED) is 0.771. The first-order valence-electron chi connectivity index (χ1n) is 8.49. The first-order valence-corrected chi connectivity index (χ1v) is 9.47. The van der Waals surface area contributed by atoms with Crippen molar-refractivity contribution in [2.45, 2.75) is 64.1 Å². The molecule has 0 fully saturated rings. The highest BCUT2D eigenvalue weighted by atomic mass is 32.2. The Balaban J connectivity index is 1.97. The molecule has 136 valence electrons. The third kappa shape index (κ3) is 5.59. The molecular weight excluding hydrogens is 334 g/mol. The summed E-state index contributed by atoms with van der Waals surface area (Å²) in [5.41, 5.74) is 2.03. The Bertz CT molecular complexity index is 715. The molecule has 0 saturated heterocycles. The lowest BCUT2D eigenvalue weighted by Crippen LogP contribution is -2.43. The summed E-state index contributed by atoms with van der Waals surface area (Å²) >= 11 is 1.25. The van der Waals surface area contributed by atoms with Crippen molar-refractivity contribution in [2.24, 2.45) is 0 Å². The van der Waals surface area contributed by atoms with Crippen molar-refractivity contribution in [3.05, 3.63) is 29.8 Å². The molecule has 0 aliphatic carbocycles. The number of rotatable bonds is 6. The van der Waals surface area contributed by atoms with Crippen LogP contribution >= 0.6 is 11.8 Å². The molecule has 0 aliphatic rings. The van der Waals surface area contributed by atoms with Crippen molar-refractivity contribution in [1.29, 1.82) is 0 Å². The topological polar surface area (TPSA) is 68.0 Å². The highest BCUT2D eigenvalue weighted by Crippen LogP contribution is 2.27. The fraction of sp³-hybridized carbons (Fsp3) is 0.526. The van der Waals surface area contributed by atoms with Crippen LogP contribution < -0.4 is 5.32 Å². The molecule has 1 aromatic carbocycles. The lowest BCUT2D eigenvalue weighted by atomic mass is 9.87. The summed E-state index contributed by atoms with van der Waals surface area (Å²) in [5.74, 6) is 0.692. The van der Waals surface area contributed by atoms with E-state index in [0.29, 0.717) is 11.1 Å². The maximum atomic E-state index is 12.0. The standard InChI is InChI=1S/C19H27N3O2S/c1-7-19(5,6)20-15(23)12-25-17-22-21-16(24-17)13-8-10-14(11-9-13)18(2,3)4/h8-11H,7,12H2,1-6H3,(H,20,23). The van der Waals surface area contributed by atoms with Crippen LogP contribution in [-0.4, -0.2) is 27.4 Å². The summed E-state index contributed by atoms with van der Waals surface area (Å²) in [6.07, 6.45) is 0.874. The molecular formula is C19H27N3O2S. The van der Waals surface area contributed by atoms with Gasteiger partial charge in [0, 0.05) is 11.1 Å². The van der Waals surface area contributed by atoms with Gasteiger partial charge in [-0.3, -0.25) is 4.79 Å². The molecule has 2 rings (SSSR count). The van der Waals surface area contributed by atoms with Crippen LogP contribution in [0, 0.1) is 0 Å². The van der Waals surface area contributed by atoms with Crippen LogP contribution in [0.2, 0.25) is 0 Å². The Hall–Kier alpha value is -1.82. The summed E-state index contributed by atoms with van der Waals surface area (Å²) in [6, 6.07) is 8.12. The smallest absolute Gasteiger partial charge is 0.277 e. The fourth-order valence-electron chi connectivity index (χ4n) is 2.13. The lowest BCUT2D eigenvalue weighted by molar-refractivity contribution is -0.120. The third-order valence-electron chi connectivity index (χ3n) is 4.09. The van der Waals surface area contributed by atoms with Crippen molar-refractivity contribution < 1.29 is 9.21 Å². The maximum Gasteiger partial charge on any atom is 0.277 e.